The summed E-state index contributed by atoms with van der Waals surface area (Å²) in [6.07, 6.45) is 0.769. The van der Waals surface area contributed by atoms with Gasteiger partial charge in [-0.2, -0.15) is 10.1 Å². The van der Waals surface area contributed by atoms with Crippen LogP contribution in [0, 0.1) is 5.82 Å². The maximum atomic E-state index is 15.0. The summed E-state index contributed by atoms with van der Waals surface area (Å²) in [5, 5.41) is 8.83. The van der Waals surface area contributed by atoms with E-state index < -0.39 is 12.1 Å². The lowest BCUT2D eigenvalue weighted by molar-refractivity contribution is 0.218. The number of halogens is 3. The van der Waals surface area contributed by atoms with Crippen molar-refractivity contribution in [3.8, 4) is 5.75 Å². The van der Waals surface area contributed by atoms with Gasteiger partial charge in [-0.1, -0.05) is 59.6 Å². The molecule has 0 spiro atoms. The summed E-state index contributed by atoms with van der Waals surface area (Å²) in [6.45, 7) is 0. The van der Waals surface area contributed by atoms with Gasteiger partial charge >= 0.3 is 0 Å². The topological polar surface area (TPSA) is 52.0 Å². The van der Waals surface area contributed by atoms with E-state index in [1.165, 1.54) is 12.4 Å². The Morgan fingerprint density at radius 2 is 1.78 bits per heavy atom. The Morgan fingerprint density at radius 1 is 0.969 bits per heavy atom. The first-order valence-corrected chi connectivity index (χ1v) is 10.7. The van der Waals surface area contributed by atoms with E-state index in [1.54, 1.807) is 35.0 Å². The Bertz CT molecular complexity index is 1400. The summed E-state index contributed by atoms with van der Waals surface area (Å²) >= 11 is 12.8. The van der Waals surface area contributed by atoms with Crippen LogP contribution in [0.25, 0.3) is 5.70 Å². The highest BCUT2D eigenvalue weighted by atomic mass is 35.5. The normalized spacial score (nSPS) is 18.8. The maximum Gasteiger partial charge on any atom is 0.226 e. The van der Waals surface area contributed by atoms with Crippen molar-refractivity contribution >= 4 is 34.8 Å². The van der Waals surface area contributed by atoms with Crippen molar-refractivity contribution in [3.05, 3.63) is 111 Å². The second-order valence-corrected chi connectivity index (χ2v) is 8.41. The van der Waals surface area contributed by atoms with Crippen molar-refractivity contribution < 1.29 is 9.13 Å². The number of hydrogen-bond donors (Lipinski definition) is 1. The first-order valence-electron chi connectivity index (χ1n) is 9.98. The van der Waals surface area contributed by atoms with Gasteiger partial charge in [0, 0.05) is 26.7 Å². The molecule has 6 rings (SSSR count). The summed E-state index contributed by atoms with van der Waals surface area (Å²) in [5.74, 6) is 0.860. The molecule has 8 heteroatoms. The highest BCUT2D eigenvalue weighted by molar-refractivity contribution is 6.35. The molecule has 0 aliphatic carbocycles. The van der Waals surface area contributed by atoms with Gasteiger partial charge in [0.05, 0.1) is 5.70 Å². The Balaban J connectivity index is 1.66. The van der Waals surface area contributed by atoms with Crippen molar-refractivity contribution in [2.24, 2.45) is 0 Å². The quantitative estimate of drug-likeness (QED) is 0.379. The lowest BCUT2D eigenvalue weighted by Gasteiger charge is -2.39. The third-order valence-corrected chi connectivity index (χ3v) is 6.33. The van der Waals surface area contributed by atoms with Crippen molar-refractivity contribution in [2.75, 3.05) is 5.32 Å². The molecule has 3 aromatic carbocycles. The van der Waals surface area contributed by atoms with Crippen LogP contribution in [-0.4, -0.2) is 14.8 Å². The molecule has 0 saturated heterocycles. The van der Waals surface area contributed by atoms with E-state index in [0.717, 1.165) is 22.4 Å². The molecular formula is C24H15Cl2FN4O. The van der Waals surface area contributed by atoms with E-state index in [0.29, 0.717) is 27.3 Å². The van der Waals surface area contributed by atoms with Gasteiger partial charge in [-0.25, -0.2) is 9.07 Å². The van der Waals surface area contributed by atoms with Gasteiger partial charge in [0.25, 0.3) is 0 Å². The zero-order chi connectivity index (χ0) is 21.8. The fraction of sp³-hybridized carbons (Fsp3) is 0.0833. The molecule has 32 heavy (non-hydrogen) atoms. The predicted octanol–water partition coefficient (Wildman–Crippen LogP) is 6.28. The minimum absolute atomic E-state index is 0.353. The monoisotopic (exact) mass is 464 g/mol. The van der Waals surface area contributed by atoms with Crippen LogP contribution < -0.4 is 10.1 Å². The average molecular weight is 465 g/mol. The van der Waals surface area contributed by atoms with E-state index >= 15 is 4.39 Å². The van der Waals surface area contributed by atoms with Gasteiger partial charge in [-0.15, -0.1) is 0 Å². The molecule has 0 bridgehead atoms. The molecule has 0 fully saturated rings. The first kappa shape index (κ1) is 19.3. The number of aromatic nitrogens is 3. The van der Waals surface area contributed by atoms with Crippen LogP contribution in [0.15, 0.2) is 78.6 Å². The lowest BCUT2D eigenvalue weighted by Crippen LogP contribution is -2.32. The number of nitrogens with zero attached hydrogens (tertiary/aromatic N) is 3. The van der Waals surface area contributed by atoms with Gasteiger partial charge in [-0.3, -0.25) is 0 Å². The molecule has 158 valence electrons. The highest BCUT2D eigenvalue weighted by Gasteiger charge is 2.42. The van der Waals surface area contributed by atoms with Gasteiger partial charge in [0.1, 0.15) is 23.9 Å². The Hall–Kier alpha value is -3.35. The number of ether oxygens (including phenoxy) is 1. The molecule has 0 saturated carbocycles. The molecule has 2 atom stereocenters. The molecule has 0 unspecified atom stereocenters. The van der Waals surface area contributed by atoms with Gasteiger partial charge in [0.15, 0.2) is 6.10 Å². The van der Waals surface area contributed by atoms with Crippen molar-refractivity contribution in [2.45, 2.75) is 12.1 Å². The molecule has 1 N–H and O–H groups in total. The van der Waals surface area contributed by atoms with Crippen molar-refractivity contribution in [1.29, 1.82) is 0 Å². The minimum Gasteiger partial charge on any atom is -0.480 e. The minimum atomic E-state index is -0.706. The molecular weight excluding hydrogens is 450 g/mol. The summed E-state index contributed by atoms with van der Waals surface area (Å²) in [6, 6.07) is 19.1. The maximum absolute atomic E-state index is 15.0. The number of rotatable bonds is 2. The smallest absolute Gasteiger partial charge is 0.226 e. The zero-order valence-electron chi connectivity index (χ0n) is 16.5. The largest absolute Gasteiger partial charge is 0.480 e. The Labute approximate surface area is 193 Å². The first-order chi connectivity index (χ1) is 15.6. The van der Waals surface area contributed by atoms with E-state index in [2.05, 4.69) is 15.4 Å². The fourth-order valence-electron chi connectivity index (χ4n) is 4.39. The van der Waals surface area contributed by atoms with Crippen molar-refractivity contribution in [3.63, 3.8) is 0 Å². The third kappa shape index (κ3) is 2.91. The summed E-state index contributed by atoms with van der Waals surface area (Å²) in [7, 11) is 0. The number of hydrogen-bond acceptors (Lipinski definition) is 4. The van der Waals surface area contributed by atoms with E-state index in [-0.39, 0.29) is 5.82 Å². The zero-order valence-corrected chi connectivity index (χ0v) is 18.0. The summed E-state index contributed by atoms with van der Waals surface area (Å²) in [4.78, 5) is 4.38. The Kier molecular flexibility index (Phi) is 4.45. The lowest BCUT2D eigenvalue weighted by atomic mass is 9.84. The molecule has 0 radical (unpaired) electrons. The van der Waals surface area contributed by atoms with Crippen LogP contribution in [0.1, 0.15) is 28.8 Å². The van der Waals surface area contributed by atoms with Crippen LogP contribution >= 0.6 is 23.2 Å². The third-order valence-electron chi connectivity index (χ3n) is 5.77. The van der Waals surface area contributed by atoms with Crippen LogP contribution in [0.4, 0.5) is 10.3 Å². The number of benzene rings is 3. The number of para-hydroxylation sites is 1. The van der Waals surface area contributed by atoms with Crippen LogP contribution in [0.2, 0.25) is 10.0 Å². The van der Waals surface area contributed by atoms with E-state index in [1.807, 2.05) is 30.3 Å². The summed E-state index contributed by atoms with van der Waals surface area (Å²) in [5.41, 5.74) is 3.64. The SMILES string of the molecule is Fc1ccccc1[C@@H]1Oc2ccccc2C2=C1[C@@H](c1ccc(Cl)cc1Cl)n1ncnc1N2. The number of anilines is 1. The molecule has 2 aliphatic heterocycles. The van der Waals surface area contributed by atoms with E-state index in [4.69, 9.17) is 27.9 Å². The second-order valence-electron chi connectivity index (χ2n) is 7.57. The molecule has 0 amide bonds. The fourth-order valence-corrected chi connectivity index (χ4v) is 4.90. The molecule has 5 nitrogen and oxygen atoms in total. The molecule has 4 aromatic rings. The van der Waals surface area contributed by atoms with Gasteiger partial charge in [0.2, 0.25) is 5.95 Å². The predicted molar refractivity (Wildman–Crippen MR) is 121 cm³/mol. The van der Waals surface area contributed by atoms with Crippen LogP contribution in [-0.2, 0) is 0 Å². The average Bonchev–Trinajstić information content (AvgIpc) is 3.26. The van der Waals surface area contributed by atoms with Gasteiger partial charge < -0.3 is 10.1 Å². The molecule has 1 aromatic heterocycles. The highest BCUT2D eigenvalue weighted by Crippen LogP contribution is 2.51. The standard InChI is InChI=1S/C24H15Cl2FN4O/c25-13-9-10-14(17(26)11-13)22-20-21(30-24-28-12-29-31(22)24)16-6-2-4-8-19(16)32-23(20)15-5-1-3-7-18(15)27/h1-12,22-23H,(H,28,29,30)/t22-,23+/m1/s1. The summed E-state index contributed by atoms with van der Waals surface area (Å²) < 4.78 is 23.1. The second kappa shape index (κ2) is 7.36. The Morgan fingerprint density at radius 3 is 2.62 bits per heavy atom. The van der Waals surface area contributed by atoms with Gasteiger partial charge in [-0.05, 0) is 35.9 Å². The number of fused-ring (bicyclic) bond motifs is 3. The van der Waals surface area contributed by atoms with Crippen molar-refractivity contribution in [1.82, 2.24) is 14.8 Å². The van der Waals surface area contributed by atoms with E-state index in [9.17, 15) is 0 Å². The van der Waals surface area contributed by atoms with Crippen LogP contribution in [0.5, 0.6) is 5.75 Å². The van der Waals surface area contributed by atoms with Crippen LogP contribution in [0.3, 0.4) is 0 Å². The molecule has 3 heterocycles. The number of nitrogens with one attached hydrogen (secondary N) is 1. The molecule has 2 aliphatic rings.